The van der Waals surface area contributed by atoms with Crippen LogP contribution in [-0.2, 0) is 13.6 Å². The number of hydrogen-bond acceptors (Lipinski definition) is 6. The molecule has 0 unspecified atom stereocenters. The molecule has 31 heavy (non-hydrogen) atoms. The third kappa shape index (κ3) is 3.33. The minimum atomic E-state index is -0.691. The van der Waals surface area contributed by atoms with Crippen LogP contribution in [0, 0.1) is 17.1 Å². The molecule has 0 radical (unpaired) electrons. The first-order chi connectivity index (χ1) is 15.0. The van der Waals surface area contributed by atoms with Gasteiger partial charge < -0.3 is 10.5 Å². The van der Waals surface area contributed by atoms with Crippen molar-refractivity contribution in [3.63, 3.8) is 0 Å². The lowest BCUT2D eigenvalue weighted by Gasteiger charge is -2.13. The molecule has 0 fully saturated rings. The van der Waals surface area contributed by atoms with Crippen molar-refractivity contribution in [3.05, 3.63) is 64.0 Å². The molecule has 0 aliphatic carbocycles. The maximum atomic E-state index is 15.0. The third-order valence-corrected chi connectivity index (χ3v) is 5.06. The molecule has 8 nitrogen and oxygen atoms in total. The average molecular weight is 418 g/mol. The fourth-order valence-electron chi connectivity index (χ4n) is 3.70. The van der Waals surface area contributed by atoms with Crippen LogP contribution in [0.5, 0.6) is 5.75 Å². The number of halogens is 1. The van der Waals surface area contributed by atoms with E-state index < -0.39 is 11.4 Å². The van der Waals surface area contributed by atoms with Crippen molar-refractivity contribution < 1.29 is 9.13 Å². The number of H-pyrrole nitrogens is 1. The van der Waals surface area contributed by atoms with Crippen LogP contribution < -0.4 is 16.0 Å². The number of rotatable bonds is 5. The number of ether oxygens (including phenoxy) is 1. The largest absolute Gasteiger partial charge is 0.492 e. The second-order valence-electron chi connectivity index (χ2n) is 6.84. The highest BCUT2D eigenvalue weighted by Crippen LogP contribution is 2.37. The average Bonchev–Trinajstić information content (AvgIpc) is 3.15. The van der Waals surface area contributed by atoms with Crippen molar-refractivity contribution in [2.24, 2.45) is 12.8 Å². The van der Waals surface area contributed by atoms with Gasteiger partial charge in [-0.05, 0) is 30.7 Å². The van der Waals surface area contributed by atoms with Crippen molar-refractivity contribution in [3.8, 4) is 34.2 Å². The van der Waals surface area contributed by atoms with Gasteiger partial charge in [0, 0.05) is 30.1 Å². The molecule has 0 saturated heterocycles. The lowest BCUT2D eigenvalue weighted by molar-refractivity contribution is 0.339. The monoisotopic (exact) mass is 418 g/mol. The molecule has 2 heterocycles. The van der Waals surface area contributed by atoms with Crippen LogP contribution >= 0.6 is 0 Å². The van der Waals surface area contributed by atoms with Gasteiger partial charge in [-0.2, -0.15) is 15.5 Å². The lowest BCUT2D eigenvalue weighted by Crippen LogP contribution is -2.14. The van der Waals surface area contributed by atoms with Crippen LogP contribution in [-0.4, -0.2) is 26.6 Å². The number of aryl methyl sites for hydroxylation is 1. The predicted octanol–water partition coefficient (Wildman–Crippen LogP) is 2.86. The number of nitrogens with one attached hydrogen (secondary N) is 1. The van der Waals surface area contributed by atoms with Crippen molar-refractivity contribution >= 4 is 10.8 Å². The quantitative estimate of drug-likeness (QED) is 0.514. The van der Waals surface area contributed by atoms with E-state index in [4.69, 9.17) is 10.5 Å². The Morgan fingerprint density at radius 3 is 2.84 bits per heavy atom. The van der Waals surface area contributed by atoms with Gasteiger partial charge in [-0.15, -0.1) is 0 Å². The lowest BCUT2D eigenvalue weighted by atomic mass is 9.96. The number of fused-ring (bicyclic) bond motifs is 1. The molecule has 0 spiro atoms. The van der Waals surface area contributed by atoms with Crippen molar-refractivity contribution in [2.75, 3.05) is 6.61 Å². The van der Waals surface area contributed by atoms with Gasteiger partial charge in [0.15, 0.2) is 0 Å². The van der Waals surface area contributed by atoms with Gasteiger partial charge in [-0.3, -0.25) is 9.48 Å². The Labute approximate surface area is 176 Å². The maximum Gasteiger partial charge on any atom is 0.275 e. The zero-order chi connectivity index (χ0) is 22.1. The van der Waals surface area contributed by atoms with Gasteiger partial charge in [0.2, 0.25) is 0 Å². The van der Waals surface area contributed by atoms with E-state index in [1.165, 1.54) is 6.07 Å². The second-order valence-corrected chi connectivity index (χ2v) is 6.84. The van der Waals surface area contributed by atoms with E-state index in [1.807, 2.05) is 6.92 Å². The van der Waals surface area contributed by atoms with Crippen LogP contribution in [0.25, 0.3) is 33.2 Å². The summed E-state index contributed by atoms with van der Waals surface area (Å²) in [4.78, 5) is 12.1. The topological polar surface area (TPSA) is 123 Å². The van der Waals surface area contributed by atoms with Gasteiger partial charge in [0.25, 0.3) is 5.56 Å². The van der Waals surface area contributed by atoms with E-state index in [1.54, 1.807) is 42.2 Å². The van der Waals surface area contributed by atoms with Crippen LogP contribution in [0.1, 0.15) is 18.2 Å². The summed E-state index contributed by atoms with van der Waals surface area (Å²) in [6.07, 6.45) is 1.59. The summed E-state index contributed by atoms with van der Waals surface area (Å²) in [6, 6.07) is 10.4. The summed E-state index contributed by atoms with van der Waals surface area (Å²) in [6.45, 7) is 2.28. The Morgan fingerprint density at radius 2 is 2.13 bits per heavy atom. The Kier molecular flexibility index (Phi) is 5.23. The molecule has 0 aliphatic rings. The summed E-state index contributed by atoms with van der Waals surface area (Å²) in [5.41, 5.74) is 8.14. The SMILES string of the molecule is CCOc1cccc(-c2c(-c3cc(F)c4c(=O)[nH]nc(CN)c4c3)cnn2C)c1C#N. The summed E-state index contributed by atoms with van der Waals surface area (Å²) < 4.78 is 22.2. The van der Waals surface area contributed by atoms with E-state index in [0.29, 0.717) is 51.4 Å². The smallest absolute Gasteiger partial charge is 0.275 e. The van der Waals surface area contributed by atoms with Crippen molar-refractivity contribution in [1.82, 2.24) is 20.0 Å². The molecule has 0 saturated carbocycles. The number of aromatic nitrogens is 4. The minimum absolute atomic E-state index is 0.0328. The third-order valence-electron chi connectivity index (χ3n) is 5.06. The molecule has 3 N–H and O–H groups in total. The van der Waals surface area contributed by atoms with Gasteiger partial charge in [-0.25, -0.2) is 9.49 Å². The summed E-state index contributed by atoms with van der Waals surface area (Å²) in [7, 11) is 1.74. The number of benzene rings is 2. The van der Waals surface area contributed by atoms with Crippen molar-refractivity contribution in [1.29, 1.82) is 5.26 Å². The molecule has 9 heteroatoms. The molecule has 2 aromatic heterocycles. The van der Waals surface area contributed by atoms with Crippen LogP contribution in [0.15, 0.2) is 41.3 Å². The molecule has 0 bridgehead atoms. The van der Waals surface area contributed by atoms with E-state index >= 15 is 0 Å². The molecular weight excluding hydrogens is 399 g/mol. The number of nitrogens with two attached hydrogens (primary N) is 1. The zero-order valence-corrected chi connectivity index (χ0v) is 16.9. The highest BCUT2D eigenvalue weighted by atomic mass is 19.1. The van der Waals surface area contributed by atoms with Gasteiger partial charge >= 0.3 is 0 Å². The molecule has 4 rings (SSSR count). The minimum Gasteiger partial charge on any atom is -0.492 e. The first-order valence-corrected chi connectivity index (χ1v) is 9.59. The molecule has 156 valence electrons. The highest BCUT2D eigenvalue weighted by molar-refractivity contribution is 5.92. The molecule has 0 aliphatic heterocycles. The van der Waals surface area contributed by atoms with Gasteiger partial charge in [-0.1, -0.05) is 12.1 Å². The number of hydrogen-bond donors (Lipinski definition) is 2. The fourth-order valence-corrected chi connectivity index (χ4v) is 3.70. The maximum absolute atomic E-state index is 15.0. The van der Waals surface area contributed by atoms with E-state index in [2.05, 4.69) is 21.4 Å². The highest BCUT2D eigenvalue weighted by Gasteiger charge is 2.21. The normalized spacial score (nSPS) is 10.9. The second kappa shape index (κ2) is 8.01. The van der Waals surface area contributed by atoms with Gasteiger partial charge in [0.1, 0.15) is 23.2 Å². The van der Waals surface area contributed by atoms with Crippen LogP contribution in [0.4, 0.5) is 4.39 Å². The first kappa shape index (κ1) is 20.3. The molecule has 0 atom stereocenters. The molecule has 2 aromatic carbocycles. The number of nitriles is 1. The summed E-state index contributed by atoms with van der Waals surface area (Å²) in [5.74, 6) is -0.232. The number of nitrogens with zero attached hydrogens (tertiary/aromatic N) is 4. The molecular formula is C22H19FN6O2. The standard InChI is InChI=1S/C22H19FN6O2/c1-3-31-19-6-4-5-13(15(19)9-24)21-16(11-26-29(21)2)12-7-14-18(10-25)27-28-22(30)20(14)17(23)8-12/h4-8,11H,3,10,25H2,1-2H3,(H,28,30). The van der Waals surface area contributed by atoms with Crippen LogP contribution in [0.2, 0.25) is 0 Å². The Hall–Kier alpha value is -4.03. The molecule has 0 amide bonds. The Bertz CT molecular complexity index is 1400. The van der Waals surface area contributed by atoms with E-state index in [0.717, 1.165) is 0 Å². The van der Waals surface area contributed by atoms with Gasteiger partial charge in [0.05, 0.1) is 29.6 Å². The fraction of sp³-hybridized carbons (Fsp3) is 0.182. The van der Waals surface area contributed by atoms with Crippen molar-refractivity contribution in [2.45, 2.75) is 13.5 Å². The Morgan fingerprint density at radius 1 is 1.32 bits per heavy atom. The van der Waals surface area contributed by atoms with Crippen LogP contribution in [0.3, 0.4) is 0 Å². The zero-order valence-electron chi connectivity index (χ0n) is 16.9. The summed E-state index contributed by atoms with van der Waals surface area (Å²) in [5, 5.41) is 20.6. The number of aromatic amines is 1. The predicted molar refractivity (Wildman–Crippen MR) is 114 cm³/mol. The Balaban J connectivity index is 2.01. The van der Waals surface area contributed by atoms with E-state index in [-0.39, 0.29) is 11.9 Å². The summed E-state index contributed by atoms with van der Waals surface area (Å²) >= 11 is 0. The van der Waals surface area contributed by atoms with E-state index in [9.17, 15) is 14.4 Å². The molecule has 4 aromatic rings. The first-order valence-electron chi connectivity index (χ1n) is 9.59.